The third-order valence-corrected chi connectivity index (χ3v) is 4.67. The molecule has 148 valence electrons. The topological polar surface area (TPSA) is 105 Å². The molecule has 2 heterocycles. The molecule has 9 nitrogen and oxygen atoms in total. The molecular weight excluding hydrogens is 360 g/mol. The predicted octanol–water partition coefficient (Wildman–Crippen LogP) is 1.91. The molecule has 0 radical (unpaired) electrons. The van der Waals surface area contributed by atoms with Crippen molar-refractivity contribution in [1.29, 1.82) is 0 Å². The quantitative estimate of drug-likeness (QED) is 0.584. The van der Waals surface area contributed by atoms with Gasteiger partial charge >= 0.3 is 5.97 Å². The SMILES string of the molecule is CCN(CC)CCn1c(NC(=O)Cn2nccc2C(=O)O)nc2ccccc21. The first-order valence-corrected chi connectivity index (χ1v) is 9.26. The molecule has 2 N–H and O–H groups in total. The molecule has 0 unspecified atom stereocenters. The van der Waals surface area contributed by atoms with Crippen LogP contribution in [0, 0.1) is 0 Å². The molecule has 1 amide bonds. The number of carbonyl (C=O) groups is 2. The molecule has 0 saturated carbocycles. The minimum absolute atomic E-state index is 0.0369. The van der Waals surface area contributed by atoms with Crippen molar-refractivity contribution in [3.05, 3.63) is 42.2 Å². The lowest BCUT2D eigenvalue weighted by Gasteiger charge is -2.19. The van der Waals surface area contributed by atoms with Crippen LogP contribution in [-0.4, -0.2) is 60.8 Å². The number of hydrogen-bond donors (Lipinski definition) is 2. The Labute approximate surface area is 162 Å². The summed E-state index contributed by atoms with van der Waals surface area (Å²) >= 11 is 0. The van der Waals surface area contributed by atoms with Crippen LogP contribution in [0.4, 0.5) is 5.95 Å². The van der Waals surface area contributed by atoms with Crippen LogP contribution in [0.25, 0.3) is 11.0 Å². The van der Waals surface area contributed by atoms with Crippen LogP contribution in [0.3, 0.4) is 0 Å². The van der Waals surface area contributed by atoms with E-state index in [1.807, 2.05) is 28.8 Å². The first-order chi connectivity index (χ1) is 13.5. The summed E-state index contributed by atoms with van der Waals surface area (Å²) < 4.78 is 3.13. The maximum Gasteiger partial charge on any atom is 0.354 e. The number of imidazole rings is 1. The van der Waals surface area contributed by atoms with Gasteiger partial charge in [-0.3, -0.25) is 10.1 Å². The van der Waals surface area contributed by atoms with Gasteiger partial charge < -0.3 is 14.6 Å². The van der Waals surface area contributed by atoms with E-state index in [-0.39, 0.29) is 18.1 Å². The monoisotopic (exact) mass is 384 g/mol. The molecule has 3 aromatic rings. The number of hydrogen-bond acceptors (Lipinski definition) is 5. The molecule has 0 fully saturated rings. The fourth-order valence-electron chi connectivity index (χ4n) is 3.12. The number of nitrogens with zero attached hydrogens (tertiary/aromatic N) is 5. The fourth-order valence-corrected chi connectivity index (χ4v) is 3.12. The third-order valence-electron chi connectivity index (χ3n) is 4.67. The number of aromatic carboxylic acids is 1. The van der Waals surface area contributed by atoms with Crippen molar-refractivity contribution in [1.82, 2.24) is 24.2 Å². The van der Waals surface area contributed by atoms with Gasteiger partial charge in [0.1, 0.15) is 12.2 Å². The highest BCUT2D eigenvalue weighted by Crippen LogP contribution is 2.19. The third kappa shape index (κ3) is 4.20. The van der Waals surface area contributed by atoms with Gasteiger partial charge in [-0.1, -0.05) is 26.0 Å². The highest BCUT2D eigenvalue weighted by molar-refractivity contribution is 5.92. The van der Waals surface area contributed by atoms with Crippen molar-refractivity contribution in [3.63, 3.8) is 0 Å². The van der Waals surface area contributed by atoms with E-state index in [0.29, 0.717) is 12.5 Å². The maximum absolute atomic E-state index is 12.5. The molecular formula is C19H24N6O3. The van der Waals surface area contributed by atoms with E-state index < -0.39 is 5.97 Å². The van der Waals surface area contributed by atoms with Crippen LogP contribution < -0.4 is 5.32 Å². The van der Waals surface area contributed by atoms with Gasteiger partial charge in [0.05, 0.1) is 11.0 Å². The summed E-state index contributed by atoms with van der Waals surface area (Å²) in [6, 6.07) is 9.06. The molecule has 2 aromatic heterocycles. The first kappa shape index (κ1) is 19.6. The highest BCUT2D eigenvalue weighted by Gasteiger charge is 2.17. The van der Waals surface area contributed by atoms with Gasteiger partial charge in [-0.05, 0) is 31.3 Å². The molecule has 0 spiro atoms. The van der Waals surface area contributed by atoms with Gasteiger partial charge in [0.25, 0.3) is 0 Å². The van der Waals surface area contributed by atoms with E-state index in [1.165, 1.54) is 12.3 Å². The number of rotatable bonds is 9. The number of carboxylic acids is 1. The van der Waals surface area contributed by atoms with E-state index in [4.69, 9.17) is 5.11 Å². The number of fused-ring (bicyclic) bond motifs is 1. The molecule has 0 saturated heterocycles. The summed E-state index contributed by atoms with van der Waals surface area (Å²) in [4.78, 5) is 30.5. The summed E-state index contributed by atoms with van der Waals surface area (Å²) in [7, 11) is 0. The second-order valence-electron chi connectivity index (χ2n) is 6.33. The molecule has 0 aliphatic heterocycles. The van der Waals surface area contributed by atoms with Crippen molar-refractivity contribution in [2.24, 2.45) is 0 Å². The summed E-state index contributed by atoms with van der Waals surface area (Å²) in [6.45, 7) is 7.43. The largest absolute Gasteiger partial charge is 0.477 e. The molecule has 9 heteroatoms. The Balaban J connectivity index is 1.81. The highest BCUT2D eigenvalue weighted by atomic mass is 16.4. The average molecular weight is 384 g/mol. The Kier molecular flexibility index (Phi) is 6.05. The van der Waals surface area contributed by atoms with Crippen LogP contribution in [-0.2, 0) is 17.9 Å². The van der Waals surface area contributed by atoms with Crippen LogP contribution in [0.5, 0.6) is 0 Å². The summed E-state index contributed by atoms with van der Waals surface area (Å²) in [6.07, 6.45) is 1.36. The van der Waals surface area contributed by atoms with Crippen molar-refractivity contribution in [3.8, 4) is 0 Å². The molecule has 0 bridgehead atoms. The fraction of sp³-hybridized carbons (Fsp3) is 0.368. The van der Waals surface area contributed by atoms with Gasteiger partial charge in [0.15, 0.2) is 0 Å². The molecule has 28 heavy (non-hydrogen) atoms. The number of para-hydroxylation sites is 2. The lowest BCUT2D eigenvalue weighted by Crippen LogP contribution is -2.28. The summed E-state index contributed by atoms with van der Waals surface area (Å²) in [5.74, 6) is -1.07. The van der Waals surface area contributed by atoms with Gasteiger partial charge in [0, 0.05) is 19.3 Å². The van der Waals surface area contributed by atoms with Gasteiger partial charge in [-0.15, -0.1) is 0 Å². The minimum atomic E-state index is -1.13. The number of anilines is 1. The molecule has 0 aliphatic rings. The van der Waals surface area contributed by atoms with Crippen molar-refractivity contribution in [2.75, 3.05) is 25.0 Å². The number of carboxylic acid groups (broad SMARTS) is 1. The van der Waals surface area contributed by atoms with Gasteiger partial charge in [0.2, 0.25) is 11.9 Å². The number of nitrogens with one attached hydrogen (secondary N) is 1. The maximum atomic E-state index is 12.5. The second kappa shape index (κ2) is 8.66. The number of amides is 1. The smallest absolute Gasteiger partial charge is 0.354 e. The average Bonchev–Trinajstić information content (AvgIpc) is 3.27. The van der Waals surface area contributed by atoms with Crippen molar-refractivity contribution in [2.45, 2.75) is 26.9 Å². The first-order valence-electron chi connectivity index (χ1n) is 9.26. The van der Waals surface area contributed by atoms with Gasteiger partial charge in [-0.25, -0.2) is 14.5 Å². The Hall–Kier alpha value is -3.20. The van der Waals surface area contributed by atoms with Crippen LogP contribution in [0.2, 0.25) is 0 Å². The second-order valence-corrected chi connectivity index (χ2v) is 6.33. The van der Waals surface area contributed by atoms with Crippen molar-refractivity contribution < 1.29 is 14.7 Å². The van der Waals surface area contributed by atoms with Crippen LogP contribution >= 0.6 is 0 Å². The van der Waals surface area contributed by atoms with E-state index in [9.17, 15) is 9.59 Å². The predicted molar refractivity (Wildman–Crippen MR) is 105 cm³/mol. The standard InChI is InChI=1S/C19H24N6O3/c1-3-23(4-2)11-12-24-15-8-6-5-7-14(15)21-19(24)22-17(26)13-25-16(18(27)28)9-10-20-25/h5-10H,3-4,11-13H2,1-2H3,(H,27,28)(H,21,22,26). The number of likely N-dealkylation sites (N-methyl/N-ethyl adjacent to an activating group) is 1. The van der Waals surface area contributed by atoms with E-state index in [0.717, 1.165) is 35.3 Å². The lowest BCUT2D eigenvalue weighted by molar-refractivity contribution is -0.117. The van der Waals surface area contributed by atoms with E-state index in [2.05, 4.69) is 34.1 Å². The Bertz CT molecular complexity index is 973. The molecule has 0 atom stereocenters. The number of carbonyl (C=O) groups excluding carboxylic acids is 1. The zero-order valence-electron chi connectivity index (χ0n) is 16.0. The number of benzene rings is 1. The zero-order valence-corrected chi connectivity index (χ0v) is 16.0. The number of aromatic nitrogens is 4. The van der Waals surface area contributed by atoms with E-state index in [1.54, 1.807) is 0 Å². The van der Waals surface area contributed by atoms with Crippen LogP contribution in [0.15, 0.2) is 36.5 Å². The minimum Gasteiger partial charge on any atom is -0.477 e. The Morgan fingerprint density at radius 1 is 1.18 bits per heavy atom. The summed E-state index contributed by atoms with van der Waals surface area (Å²) in [5, 5.41) is 15.9. The normalized spacial score (nSPS) is 11.2. The van der Waals surface area contributed by atoms with E-state index >= 15 is 0 Å². The Morgan fingerprint density at radius 2 is 1.93 bits per heavy atom. The lowest BCUT2D eigenvalue weighted by atomic mass is 10.3. The Morgan fingerprint density at radius 3 is 2.64 bits per heavy atom. The van der Waals surface area contributed by atoms with Crippen LogP contribution in [0.1, 0.15) is 24.3 Å². The van der Waals surface area contributed by atoms with Crippen molar-refractivity contribution >= 4 is 28.9 Å². The van der Waals surface area contributed by atoms with Gasteiger partial charge in [-0.2, -0.15) is 5.10 Å². The molecule has 0 aliphatic carbocycles. The molecule has 1 aromatic carbocycles. The summed E-state index contributed by atoms with van der Waals surface area (Å²) in [5.41, 5.74) is 1.70. The zero-order chi connectivity index (χ0) is 20.1. The molecule has 3 rings (SSSR count).